The van der Waals surface area contributed by atoms with E-state index in [9.17, 15) is 14.7 Å². The van der Waals surface area contributed by atoms with Gasteiger partial charge >= 0.3 is 5.97 Å². The van der Waals surface area contributed by atoms with Gasteiger partial charge in [-0.05, 0) is 74.1 Å². The number of rotatable bonds is 5. The van der Waals surface area contributed by atoms with Crippen LogP contribution in [0.5, 0.6) is 0 Å². The van der Waals surface area contributed by atoms with Crippen molar-refractivity contribution in [3.05, 3.63) is 0 Å². The van der Waals surface area contributed by atoms with E-state index in [1.807, 2.05) is 32.8 Å². The molecule has 35 heavy (non-hydrogen) atoms. The van der Waals surface area contributed by atoms with Crippen molar-refractivity contribution in [2.75, 3.05) is 47.4 Å². The molecule has 0 aromatic carbocycles. The van der Waals surface area contributed by atoms with Crippen molar-refractivity contribution in [2.24, 2.45) is 11.3 Å². The van der Waals surface area contributed by atoms with Gasteiger partial charge in [0.1, 0.15) is 18.1 Å². The Bertz CT molecular complexity index is 716. The van der Waals surface area contributed by atoms with E-state index >= 15 is 0 Å². The number of cyclic esters (lactones) is 1. The van der Waals surface area contributed by atoms with Gasteiger partial charge in [0.2, 0.25) is 0 Å². The predicted molar refractivity (Wildman–Crippen MR) is 133 cm³/mol. The highest BCUT2D eigenvalue weighted by Gasteiger charge is 2.50. The summed E-state index contributed by atoms with van der Waals surface area (Å²) in [5, 5.41) is 11.1. The van der Waals surface area contributed by atoms with Crippen molar-refractivity contribution < 1.29 is 33.6 Å². The first kappa shape index (κ1) is 30.1. The van der Waals surface area contributed by atoms with Crippen LogP contribution >= 0.6 is 0 Å². The van der Waals surface area contributed by atoms with Crippen molar-refractivity contribution in [1.29, 1.82) is 0 Å². The maximum atomic E-state index is 13.7. The molecule has 0 saturated carbocycles. The second-order valence-corrected chi connectivity index (χ2v) is 11.1. The highest BCUT2D eigenvalue weighted by molar-refractivity contribution is 6.04. The van der Waals surface area contributed by atoms with E-state index in [1.165, 1.54) is 0 Å². The van der Waals surface area contributed by atoms with Crippen molar-refractivity contribution in [1.82, 2.24) is 9.80 Å². The summed E-state index contributed by atoms with van der Waals surface area (Å²) >= 11 is 0. The number of methoxy groups -OCH3 is 1. The fraction of sp³-hybridized carbons (Fsp3) is 0.923. The number of aliphatic hydroxyl groups is 1. The van der Waals surface area contributed by atoms with Crippen LogP contribution in [-0.2, 0) is 28.5 Å². The zero-order valence-electron chi connectivity index (χ0n) is 23.2. The Kier molecular flexibility index (Phi) is 10.7. The molecule has 2 saturated heterocycles. The topological polar surface area (TPSA) is 97.8 Å². The van der Waals surface area contributed by atoms with Crippen molar-refractivity contribution in [3.8, 4) is 0 Å². The molecule has 0 radical (unpaired) electrons. The summed E-state index contributed by atoms with van der Waals surface area (Å²) < 4.78 is 24.1. The number of hydrogen-bond donors (Lipinski definition) is 1. The first-order valence-electron chi connectivity index (χ1n) is 12.9. The molecule has 2 fully saturated rings. The summed E-state index contributed by atoms with van der Waals surface area (Å²) in [5.41, 5.74) is -2.20. The van der Waals surface area contributed by atoms with E-state index in [1.54, 1.807) is 27.9 Å². The number of likely N-dealkylation sites (N-methyl/N-ethyl adjacent to an activating group) is 2. The molecule has 0 spiro atoms. The molecular formula is C26H48N2O7. The Balaban J connectivity index is 2.45. The van der Waals surface area contributed by atoms with Crippen LogP contribution in [0.4, 0.5) is 0 Å². The monoisotopic (exact) mass is 500 g/mol. The van der Waals surface area contributed by atoms with E-state index in [0.29, 0.717) is 19.4 Å². The summed E-state index contributed by atoms with van der Waals surface area (Å²) in [5.74, 6) is -1.54. The maximum absolute atomic E-state index is 13.7. The Morgan fingerprint density at radius 1 is 1.17 bits per heavy atom. The minimum atomic E-state index is -1.35. The van der Waals surface area contributed by atoms with Gasteiger partial charge < -0.3 is 33.9 Å². The lowest BCUT2D eigenvalue weighted by atomic mass is 9.75. The average Bonchev–Trinajstić information content (AvgIpc) is 2.81. The number of aliphatic hydroxyl groups excluding tert-OH is 1. The van der Waals surface area contributed by atoms with Crippen LogP contribution in [0.25, 0.3) is 0 Å². The summed E-state index contributed by atoms with van der Waals surface area (Å²) in [6.07, 6.45) is -0.610. The minimum Gasteiger partial charge on any atom is -0.464 e. The number of ether oxygens (including phenoxy) is 4. The number of Topliss-reactive ketones (excluding diaryl/α,β-unsaturated/α-hetero) is 1. The van der Waals surface area contributed by atoms with Gasteiger partial charge in [-0.25, -0.2) is 0 Å². The standard InChI is InChI=1S/C26H48N2O7/c1-10-28-13-11-12-26(6,32-9)22(18(3)21(30)25(4,5)24(31)33-15-14-28)35-23-20(29)19(27(7)8)16-17(2)34-23/h17-20,22-23,29H,10-16H2,1-9H3/t17-,18?,19+,20-,22?,23+,26?/m1/s1. The molecule has 0 aromatic heterocycles. The number of carbonyl (C=O) groups is 2. The molecule has 0 amide bonds. The van der Waals surface area contributed by atoms with E-state index in [4.69, 9.17) is 18.9 Å². The van der Waals surface area contributed by atoms with Crippen LogP contribution in [0.15, 0.2) is 0 Å². The van der Waals surface area contributed by atoms with E-state index in [-0.39, 0.29) is 24.5 Å². The minimum absolute atomic E-state index is 0.130. The van der Waals surface area contributed by atoms with Gasteiger partial charge in [0.15, 0.2) is 12.1 Å². The zero-order chi connectivity index (χ0) is 26.6. The molecule has 2 rings (SSSR count). The van der Waals surface area contributed by atoms with Crippen LogP contribution in [0.2, 0.25) is 0 Å². The Morgan fingerprint density at radius 2 is 1.83 bits per heavy atom. The molecule has 3 unspecified atom stereocenters. The fourth-order valence-electron chi connectivity index (χ4n) is 5.29. The summed E-state index contributed by atoms with van der Waals surface area (Å²) in [6, 6.07) is -0.150. The Hall–Kier alpha value is -1.10. The fourth-order valence-corrected chi connectivity index (χ4v) is 5.29. The van der Waals surface area contributed by atoms with Crippen molar-refractivity contribution >= 4 is 11.8 Å². The lowest BCUT2D eigenvalue weighted by Crippen LogP contribution is -2.59. The molecule has 2 heterocycles. The lowest BCUT2D eigenvalue weighted by Gasteiger charge is -2.46. The van der Waals surface area contributed by atoms with Crippen molar-refractivity contribution in [2.45, 2.75) is 97.0 Å². The third kappa shape index (κ3) is 7.02. The van der Waals surface area contributed by atoms with Crippen LogP contribution in [0.1, 0.15) is 60.8 Å². The third-order valence-corrected chi connectivity index (χ3v) is 7.85. The molecule has 0 bridgehead atoms. The van der Waals surface area contributed by atoms with E-state index in [2.05, 4.69) is 11.8 Å². The molecule has 9 heteroatoms. The molecule has 2 aliphatic heterocycles. The molecule has 7 atom stereocenters. The summed E-state index contributed by atoms with van der Waals surface area (Å²) in [7, 11) is 5.45. The quantitative estimate of drug-likeness (QED) is 0.449. The van der Waals surface area contributed by atoms with Crippen LogP contribution in [0, 0.1) is 11.3 Å². The first-order chi connectivity index (χ1) is 16.3. The number of esters is 1. The van der Waals surface area contributed by atoms with Crippen LogP contribution in [0.3, 0.4) is 0 Å². The third-order valence-electron chi connectivity index (χ3n) is 7.85. The smallest absolute Gasteiger partial charge is 0.319 e. The van der Waals surface area contributed by atoms with Gasteiger partial charge in [-0.2, -0.15) is 0 Å². The first-order valence-corrected chi connectivity index (χ1v) is 12.9. The molecule has 1 N–H and O–H groups in total. The van der Waals surface area contributed by atoms with Gasteiger partial charge in [-0.1, -0.05) is 13.8 Å². The highest BCUT2D eigenvalue weighted by Crippen LogP contribution is 2.37. The molecule has 0 aliphatic carbocycles. The second kappa shape index (κ2) is 12.4. The molecule has 2 aliphatic rings. The molecular weight excluding hydrogens is 452 g/mol. The van der Waals surface area contributed by atoms with E-state index in [0.717, 1.165) is 19.5 Å². The molecule has 204 valence electrons. The van der Waals surface area contributed by atoms with Gasteiger partial charge in [0.05, 0.1) is 17.8 Å². The normalized spacial score (nSPS) is 38.4. The van der Waals surface area contributed by atoms with Gasteiger partial charge in [0, 0.05) is 25.6 Å². The number of carbonyl (C=O) groups excluding carboxylic acids is 2. The molecule has 0 aromatic rings. The maximum Gasteiger partial charge on any atom is 0.319 e. The Morgan fingerprint density at radius 3 is 2.40 bits per heavy atom. The van der Waals surface area contributed by atoms with Gasteiger partial charge in [-0.3, -0.25) is 9.59 Å². The Labute approximate surface area is 211 Å². The zero-order valence-corrected chi connectivity index (χ0v) is 23.2. The van der Waals surface area contributed by atoms with Crippen LogP contribution < -0.4 is 0 Å². The highest BCUT2D eigenvalue weighted by atomic mass is 16.7. The average molecular weight is 501 g/mol. The SMILES string of the molecule is CCN1CCCC(C)(OC)C(O[C@@H]2O[C@H](C)C[C@H](N(C)C)[C@H]2O)C(C)C(=O)C(C)(C)C(=O)OCC1. The number of nitrogens with zero attached hydrogens (tertiary/aromatic N) is 2. The lowest BCUT2D eigenvalue weighted by molar-refractivity contribution is -0.295. The number of hydrogen-bond acceptors (Lipinski definition) is 9. The number of ketones is 1. The molecule has 9 nitrogen and oxygen atoms in total. The van der Waals surface area contributed by atoms with Crippen molar-refractivity contribution in [3.63, 3.8) is 0 Å². The predicted octanol–water partition coefficient (Wildman–Crippen LogP) is 2.09. The van der Waals surface area contributed by atoms with Gasteiger partial charge in [-0.15, -0.1) is 0 Å². The summed E-state index contributed by atoms with van der Waals surface area (Å²) in [6.45, 7) is 13.4. The van der Waals surface area contributed by atoms with Crippen LogP contribution in [-0.4, -0.2) is 110 Å². The largest absolute Gasteiger partial charge is 0.464 e. The van der Waals surface area contributed by atoms with Gasteiger partial charge in [0.25, 0.3) is 0 Å². The second-order valence-electron chi connectivity index (χ2n) is 11.1. The summed E-state index contributed by atoms with van der Waals surface area (Å²) in [4.78, 5) is 30.8. The van der Waals surface area contributed by atoms with E-state index < -0.39 is 41.4 Å².